The van der Waals surface area contributed by atoms with Gasteiger partial charge in [-0.25, -0.2) is 0 Å². The van der Waals surface area contributed by atoms with Crippen molar-refractivity contribution in [1.82, 2.24) is 5.32 Å². The average molecular weight is 300 g/mol. The number of carbonyl (C=O) groups is 1. The zero-order valence-corrected chi connectivity index (χ0v) is 14.6. The summed E-state index contributed by atoms with van der Waals surface area (Å²) >= 11 is 0. The normalized spacial score (nSPS) is 14.1. The summed E-state index contributed by atoms with van der Waals surface area (Å²) in [4.78, 5) is 16.1. The lowest BCUT2D eigenvalue weighted by atomic mass is 9.99. The first-order chi connectivity index (χ1) is 10.4. The molecule has 1 atom stereocenters. The highest BCUT2D eigenvalue weighted by atomic mass is 16.1. The van der Waals surface area contributed by atoms with Crippen LogP contribution in [0.3, 0.4) is 0 Å². The number of nitrogens with zero attached hydrogens (tertiary/aromatic N) is 1. The van der Waals surface area contributed by atoms with Crippen LogP contribution in [0.2, 0.25) is 0 Å². The minimum Gasteiger partial charge on any atom is -0.348 e. The summed E-state index contributed by atoms with van der Waals surface area (Å²) in [6, 6.07) is 8.44. The van der Waals surface area contributed by atoms with Crippen LogP contribution in [0.5, 0.6) is 0 Å². The van der Waals surface area contributed by atoms with Crippen molar-refractivity contribution in [2.24, 2.45) is 10.9 Å². The molecule has 3 heteroatoms. The number of amides is 1. The van der Waals surface area contributed by atoms with Crippen molar-refractivity contribution in [3.05, 3.63) is 41.5 Å². The molecule has 1 aromatic rings. The Morgan fingerprint density at radius 3 is 2.23 bits per heavy atom. The van der Waals surface area contributed by atoms with Crippen molar-refractivity contribution < 1.29 is 4.79 Å². The van der Waals surface area contributed by atoms with E-state index in [1.807, 2.05) is 19.9 Å². The molecule has 1 N–H and O–H groups in total. The van der Waals surface area contributed by atoms with E-state index in [0.29, 0.717) is 5.92 Å². The van der Waals surface area contributed by atoms with Crippen molar-refractivity contribution in [2.45, 2.75) is 54.0 Å². The molecule has 0 aliphatic carbocycles. The summed E-state index contributed by atoms with van der Waals surface area (Å²) in [5.74, 6) is 0.274. The lowest BCUT2D eigenvalue weighted by Crippen LogP contribution is -2.42. The highest BCUT2D eigenvalue weighted by Gasteiger charge is 2.18. The third-order valence-electron chi connectivity index (χ3n) is 3.70. The summed E-state index contributed by atoms with van der Waals surface area (Å²) in [6.07, 6.45) is 3.04. The number of benzene rings is 1. The van der Waals surface area contributed by atoms with Gasteiger partial charge in [0.15, 0.2) is 0 Å². The monoisotopic (exact) mass is 300 g/mol. The van der Waals surface area contributed by atoms with Gasteiger partial charge in [0.25, 0.3) is 0 Å². The van der Waals surface area contributed by atoms with E-state index in [1.54, 1.807) is 6.92 Å². The van der Waals surface area contributed by atoms with Crippen LogP contribution in [0.4, 0.5) is 0 Å². The van der Waals surface area contributed by atoms with Gasteiger partial charge < -0.3 is 5.32 Å². The van der Waals surface area contributed by atoms with Crippen LogP contribution in [-0.4, -0.2) is 17.7 Å². The second-order valence-corrected chi connectivity index (χ2v) is 5.90. The van der Waals surface area contributed by atoms with Gasteiger partial charge in [-0.3, -0.25) is 9.79 Å². The van der Waals surface area contributed by atoms with E-state index in [2.05, 4.69) is 50.4 Å². The van der Waals surface area contributed by atoms with E-state index in [-0.39, 0.29) is 11.9 Å². The van der Waals surface area contributed by atoms with E-state index < -0.39 is 0 Å². The third kappa shape index (κ3) is 5.14. The van der Waals surface area contributed by atoms with Crippen LogP contribution in [0.25, 0.3) is 5.70 Å². The molecular weight excluding hydrogens is 272 g/mol. The standard InChI is InChI=1S/C19H28N2O/c1-7-16-9-11-17(12-10-16)18(8-2)20-14(5)19(13(3)4)21-15(6)22/h8-13,19H,7H2,1-6H3,(H,21,22)/b18-8-,20-14?/t19-/m1/s1. The molecule has 0 radical (unpaired) electrons. The summed E-state index contributed by atoms with van der Waals surface area (Å²) in [7, 11) is 0. The largest absolute Gasteiger partial charge is 0.348 e. The number of aliphatic imine (C=N–C) groups is 1. The molecule has 0 unspecified atom stereocenters. The molecule has 0 aromatic heterocycles. The first-order valence-electron chi connectivity index (χ1n) is 7.96. The number of carbonyl (C=O) groups excluding carboxylic acids is 1. The van der Waals surface area contributed by atoms with Gasteiger partial charge in [0.05, 0.1) is 11.7 Å². The molecule has 1 aromatic carbocycles. The summed E-state index contributed by atoms with van der Waals surface area (Å²) in [6.45, 7) is 11.8. The van der Waals surface area contributed by atoms with Gasteiger partial charge in [0.1, 0.15) is 0 Å². The van der Waals surface area contributed by atoms with Crippen LogP contribution >= 0.6 is 0 Å². The smallest absolute Gasteiger partial charge is 0.217 e. The van der Waals surface area contributed by atoms with Crippen molar-refractivity contribution in [3.63, 3.8) is 0 Å². The maximum Gasteiger partial charge on any atom is 0.217 e. The van der Waals surface area contributed by atoms with Gasteiger partial charge in [0, 0.05) is 12.6 Å². The van der Waals surface area contributed by atoms with Crippen LogP contribution < -0.4 is 5.32 Å². The van der Waals surface area contributed by atoms with Crippen molar-refractivity contribution in [1.29, 1.82) is 0 Å². The lowest BCUT2D eigenvalue weighted by Gasteiger charge is -2.22. The molecule has 0 saturated carbocycles. The minimum atomic E-state index is -0.0395. The maximum absolute atomic E-state index is 11.4. The number of hydrogen-bond donors (Lipinski definition) is 1. The van der Waals surface area contributed by atoms with Crippen molar-refractivity contribution in [3.8, 4) is 0 Å². The Morgan fingerprint density at radius 2 is 1.82 bits per heavy atom. The van der Waals surface area contributed by atoms with Crippen molar-refractivity contribution in [2.75, 3.05) is 0 Å². The van der Waals surface area contributed by atoms with Gasteiger partial charge in [-0.15, -0.1) is 0 Å². The maximum atomic E-state index is 11.4. The zero-order valence-electron chi connectivity index (χ0n) is 14.6. The number of aryl methyl sites for hydroxylation is 1. The highest BCUT2D eigenvalue weighted by molar-refractivity contribution is 5.94. The fourth-order valence-electron chi connectivity index (χ4n) is 2.44. The molecule has 0 aliphatic heterocycles. The van der Waals surface area contributed by atoms with Gasteiger partial charge in [-0.1, -0.05) is 51.1 Å². The first-order valence-corrected chi connectivity index (χ1v) is 7.96. The number of nitrogens with one attached hydrogen (secondary N) is 1. The second kappa shape index (κ2) is 8.52. The van der Waals surface area contributed by atoms with E-state index >= 15 is 0 Å². The Labute approximate surface area is 134 Å². The molecule has 0 fully saturated rings. The Bertz CT molecular complexity index is 553. The molecule has 0 aliphatic rings. The molecule has 0 saturated heterocycles. The van der Waals surface area contributed by atoms with Crippen LogP contribution in [0, 0.1) is 5.92 Å². The molecule has 0 heterocycles. The summed E-state index contributed by atoms with van der Waals surface area (Å²) < 4.78 is 0. The zero-order chi connectivity index (χ0) is 16.7. The average Bonchev–Trinajstić information content (AvgIpc) is 2.49. The lowest BCUT2D eigenvalue weighted by molar-refractivity contribution is -0.119. The Balaban J connectivity index is 3.05. The van der Waals surface area contributed by atoms with E-state index in [9.17, 15) is 4.79 Å². The molecular formula is C19H28N2O. The SMILES string of the molecule is C/C=C(\N=C(C)[C@H](NC(C)=O)C(C)C)c1ccc(CC)cc1. The fraction of sp³-hybridized carbons (Fsp3) is 0.474. The van der Waals surface area contributed by atoms with Crippen LogP contribution in [-0.2, 0) is 11.2 Å². The molecule has 120 valence electrons. The molecule has 3 nitrogen and oxygen atoms in total. The van der Waals surface area contributed by atoms with Crippen LogP contribution in [0.15, 0.2) is 35.3 Å². The van der Waals surface area contributed by atoms with Gasteiger partial charge in [-0.2, -0.15) is 0 Å². The molecule has 1 rings (SSSR count). The van der Waals surface area contributed by atoms with Crippen molar-refractivity contribution >= 4 is 17.3 Å². The van der Waals surface area contributed by atoms with Gasteiger partial charge >= 0.3 is 0 Å². The quantitative estimate of drug-likeness (QED) is 0.785. The number of rotatable bonds is 6. The predicted octanol–water partition coefficient (Wildman–Crippen LogP) is 4.23. The number of allylic oxidation sites excluding steroid dienone is 1. The molecule has 0 spiro atoms. The second-order valence-electron chi connectivity index (χ2n) is 5.90. The fourth-order valence-corrected chi connectivity index (χ4v) is 2.44. The van der Waals surface area contributed by atoms with E-state index in [1.165, 1.54) is 5.56 Å². The molecule has 0 bridgehead atoms. The molecule has 1 amide bonds. The summed E-state index contributed by atoms with van der Waals surface area (Å²) in [5.41, 5.74) is 4.29. The molecule has 22 heavy (non-hydrogen) atoms. The minimum absolute atomic E-state index is 0.0254. The Hall–Kier alpha value is -1.90. The summed E-state index contributed by atoms with van der Waals surface area (Å²) in [5, 5.41) is 2.98. The predicted molar refractivity (Wildman–Crippen MR) is 95.0 cm³/mol. The Kier molecular flexibility index (Phi) is 7.03. The highest BCUT2D eigenvalue weighted by Crippen LogP contribution is 2.18. The van der Waals surface area contributed by atoms with E-state index in [0.717, 1.165) is 23.4 Å². The van der Waals surface area contributed by atoms with Gasteiger partial charge in [0.2, 0.25) is 5.91 Å². The number of hydrogen-bond acceptors (Lipinski definition) is 2. The Morgan fingerprint density at radius 1 is 1.23 bits per heavy atom. The first kappa shape index (κ1) is 18.1. The third-order valence-corrected chi connectivity index (χ3v) is 3.70. The van der Waals surface area contributed by atoms with Gasteiger partial charge in [-0.05, 0) is 37.3 Å². The van der Waals surface area contributed by atoms with E-state index in [4.69, 9.17) is 4.99 Å². The van der Waals surface area contributed by atoms with Crippen LogP contribution in [0.1, 0.15) is 52.7 Å². The topological polar surface area (TPSA) is 41.5 Å².